The minimum atomic E-state index is -3.46. The summed E-state index contributed by atoms with van der Waals surface area (Å²) < 4.78 is 27.4. The van der Waals surface area contributed by atoms with Crippen molar-refractivity contribution in [3.63, 3.8) is 0 Å². The summed E-state index contributed by atoms with van der Waals surface area (Å²) in [7, 11) is -3.46. The molecular formula is C9H8BrNO2S3. The molecule has 0 unspecified atom stereocenters. The molecule has 0 saturated carbocycles. The van der Waals surface area contributed by atoms with Crippen molar-refractivity contribution in [1.29, 1.82) is 0 Å². The number of nitrogens with one attached hydrogen (secondary N) is 1. The second-order valence-electron chi connectivity index (χ2n) is 3.09. The molecule has 0 amide bonds. The Kier molecular flexibility index (Phi) is 3.39. The third-order valence-corrected chi connectivity index (χ3v) is 5.78. The van der Waals surface area contributed by atoms with Crippen LogP contribution in [0.4, 0.5) is 5.69 Å². The third-order valence-electron chi connectivity index (χ3n) is 1.91. The molecule has 0 aliphatic heterocycles. The number of thiophene rings is 2. The summed E-state index contributed by atoms with van der Waals surface area (Å²) in [5.74, 6) is 0. The van der Waals surface area contributed by atoms with Gasteiger partial charge in [0.2, 0.25) is 0 Å². The van der Waals surface area contributed by atoms with Gasteiger partial charge in [-0.15, -0.1) is 11.3 Å². The molecule has 3 nitrogen and oxygen atoms in total. The minimum absolute atomic E-state index is 0.329. The van der Waals surface area contributed by atoms with Crippen molar-refractivity contribution in [3.05, 3.63) is 31.6 Å². The van der Waals surface area contributed by atoms with E-state index in [2.05, 4.69) is 20.7 Å². The van der Waals surface area contributed by atoms with Gasteiger partial charge in [-0.3, -0.25) is 4.72 Å². The Balaban J connectivity index is 2.36. The van der Waals surface area contributed by atoms with E-state index in [1.807, 2.05) is 5.38 Å². The molecular weight excluding hydrogens is 330 g/mol. The van der Waals surface area contributed by atoms with Crippen LogP contribution >= 0.6 is 38.6 Å². The highest BCUT2D eigenvalue weighted by atomic mass is 79.9. The molecule has 0 fully saturated rings. The number of anilines is 1. The second kappa shape index (κ2) is 4.48. The lowest BCUT2D eigenvalue weighted by Gasteiger charge is -2.04. The van der Waals surface area contributed by atoms with Gasteiger partial charge in [0.15, 0.2) is 0 Å². The Morgan fingerprint density at radius 2 is 2.19 bits per heavy atom. The van der Waals surface area contributed by atoms with Crippen LogP contribution in [-0.4, -0.2) is 8.42 Å². The van der Waals surface area contributed by atoms with E-state index in [-0.39, 0.29) is 0 Å². The van der Waals surface area contributed by atoms with E-state index < -0.39 is 10.0 Å². The molecule has 0 bridgehead atoms. The molecule has 0 aliphatic carbocycles. The lowest BCUT2D eigenvalue weighted by atomic mass is 10.5. The van der Waals surface area contributed by atoms with Crippen LogP contribution in [0.3, 0.4) is 0 Å². The standard InChI is InChI=1S/C9H8BrNO2S3/c1-6-8(4-9(10)15-6)16(12,13)11-7-2-3-14-5-7/h2-5,11H,1H3. The molecule has 0 aromatic carbocycles. The topological polar surface area (TPSA) is 46.2 Å². The zero-order chi connectivity index (χ0) is 11.8. The summed E-state index contributed by atoms with van der Waals surface area (Å²) in [5, 5.41) is 3.59. The maximum absolute atomic E-state index is 12.0. The van der Waals surface area contributed by atoms with Crippen molar-refractivity contribution < 1.29 is 8.42 Å². The smallest absolute Gasteiger partial charge is 0.263 e. The van der Waals surface area contributed by atoms with Gasteiger partial charge in [-0.1, -0.05) is 0 Å². The maximum Gasteiger partial charge on any atom is 0.263 e. The van der Waals surface area contributed by atoms with Gasteiger partial charge in [-0.2, -0.15) is 11.3 Å². The SMILES string of the molecule is Cc1sc(Br)cc1S(=O)(=O)Nc1ccsc1. The van der Waals surface area contributed by atoms with Gasteiger partial charge in [0.1, 0.15) is 4.90 Å². The summed E-state index contributed by atoms with van der Waals surface area (Å²) in [4.78, 5) is 1.10. The fraction of sp³-hybridized carbons (Fsp3) is 0.111. The number of aryl methyl sites for hydroxylation is 1. The van der Waals surface area contributed by atoms with Crippen molar-refractivity contribution in [2.45, 2.75) is 11.8 Å². The molecule has 0 aliphatic rings. The monoisotopic (exact) mass is 337 g/mol. The number of halogens is 1. The maximum atomic E-state index is 12.0. The summed E-state index contributed by atoms with van der Waals surface area (Å²) in [5.41, 5.74) is 0.603. The lowest BCUT2D eigenvalue weighted by Crippen LogP contribution is -2.12. The van der Waals surface area contributed by atoms with Crippen LogP contribution in [0.1, 0.15) is 4.88 Å². The number of hydrogen-bond acceptors (Lipinski definition) is 4. The van der Waals surface area contributed by atoms with E-state index in [1.54, 1.807) is 24.4 Å². The summed E-state index contributed by atoms with van der Waals surface area (Å²) in [6.07, 6.45) is 0. The predicted molar refractivity (Wildman–Crippen MR) is 71.9 cm³/mol. The minimum Gasteiger partial charge on any atom is -0.279 e. The van der Waals surface area contributed by atoms with Gasteiger partial charge >= 0.3 is 0 Å². The van der Waals surface area contributed by atoms with Gasteiger partial charge in [-0.25, -0.2) is 8.42 Å². The van der Waals surface area contributed by atoms with Crippen molar-refractivity contribution in [2.75, 3.05) is 4.72 Å². The van der Waals surface area contributed by atoms with Gasteiger partial charge in [-0.05, 0) is 40.4 Å². The fourth-order valence-electron chi connectivity index (χ4n) is 1.23. The summed E-state index contributed by atoms with van der Waals surface area (Å²) in [6, 6.07) is 3.35. The molecule has 16 heavy (non-hydrogen) atoms. The Labute approximate surface area is 110 Å². The van der Waals surface area contributed by atoms with E-state index in [4.69, 9.17) is 0 Å². The number of hydrogen-bond donors (Lipinski definition) is 1. The van der Waals surface area contributed by atoms with E-state index in [9.17, 15) is 8.42 Å². The molecule has 0 spiro atoms. The Morgan fingerprint density at radius 3 is 2.69 bits per heavy atom. The Morgan fingerprint density at radius 1 is 1.44 bits per heavy atom. The van der Waals surface area contributed by atoms with Crippen LogP contribution in [0.5, 0.6) is 0 Å². The van der Waals surface area contributed by atoms with Crippen LogP contribution < -0.4 is 4.72 Å². The van der Waals surface area contributed by atoms with Crippen LogP contribution in [-0.2, 0) is 10.0 Å². The highest BCUT2D eigenvalue weighted by molar-refractivity contribution is 9.11. The molecule has 2 aromatic rings. The van der Waals surface area contributed by atoms with Crippen LogP contribution in [0.15, 0.2) is 31.6 Å². The van der Waals surface area contributed by atoms with Crippen molar-refractivity contribution in [2.24, 2.45) is 0 Å². The molecule has 2 aromatic heterocycles. The predicted octanol–water partition coefficient (Wildman–Crippen LogP) is 3.68. The largest absolute Gasteiger partial charge is 0.279 e. The van der Waals surface area contributed by atoms with Crippen molar-refractivity contribution in [3.8, 4) is 0 Å². The lowest BCUT2D eigenvalue weighted by molar-refractivity contribution is 0.601. The molecule has 7 heteroatoms. The summed E-state index contributed by atoms with van der Waals surface area (Å²) >= 11 is 6.14. The zero-order valence-electron chi connectivity index (χ0n) is 8.23. The zero-order valence-corrected chi connectivity index (χ0v) is 12.3. The average Bonchev–Trinajstić information content (AvgIpc) is 2.75. The first-order chi connectivity index (χ1) is 7.49. The first-order valence-electron chi connectivity index (χ1n) is 4.30. The summed E-state index contributed by atoms with van der Waals surface area (Å²) in [6.45, 7) is 1.79. The van der Waals surface area contributed by atoms with E-state index in [0.717, 1.165) is 8.66 Å². The van der Waals surface area contributed by atoms with E-state index in [1.165, 1.54) is 22.7 Å². The van der Waals surface area contributed by atoms with Crippen molar-refractivity contribution in [1.82, 2.24) is 0 Å². The van der Waals surface area contributed by atoms with E-state index >= 15 is 0 Å². The molecule has 0 saturated heterocycles. The first kappa shape index (κ1) is 12.1. The highest BCUT2D eigenvalue weighted by Crippen LogP contribution is 2.30. The van der Waals surface area contributed by atoms with Gasteiger partial charge in [0.25, 0.3) is 10.0 Å². The molecule has 0 atom stereocenters. The molecule has 1 N–H and O–H groups in total. The first-order valence-corrected chi connectivity index (χ1v) is 8.33. The van der Waals surface area contributed by atoms with Gasteiger partial charge in [0, 0.05) is 10.3 Å². The van der Waals surface area contributed by atoms with Crippen LogP contribution in [0.2, 0.25) is 0 Å². The van der Waals surface area contributed by atoms with Crippen molar-refractivity contribution >= 4 is 54.3 Å². The molecule has 86 valence electrons. The van der Waals surface area contributed by atoms with E-state index in [0.29, 0.717) is 10.6 Å². The van der Waals surface area contributed by atoms with Crippen LogP contribution in [0, 0.1) is 6.92 Å². The average molecular weight is 338 g/mol. The Hall–Kier alpha value is -0.370. The van der Waals surface area contributed by atoms with Gasteiger partial charge < -0.3 is 0 Å². The fourth-order valence-corrected chi connectivity index (χ4v) is 5.36. The quantitative estimate of drug-likeness (QED) is 0.928. The van der Waals surface area contributed by atoms with Gasteiger partial charge in [0.05, 0.1) is 9.47 Å². The second-order valence-corrected chi connectivity index (χ2v) is 8.15. The Bertz CT molecular complexity index is 586. The normalized spacial score (nSPS) is 11.6. The third kappa shape index (κ3) is 2.48. The molecule has 0 radical (unpaired) electrons. The molecule has 2 rings (SSSR count). The number of sulfonamides is 1. The number of rotatable bonds is 3. The highest BCUT2D eigenvalue weighted by Gasteiger charge is 2.19. The van der Waals surface area contributed by atoms with Crippen LogP contribution in [0.25, 0.3) is 0 Å². The molecule has 2 heterocycles.